The van der Waals surface area contributed by atoms with Crippen molar-refractivity contribution in [2.45, 2.75) is 44.4 Å². The van der Waals surface area contributed by atoms with Gasteiger partial charge in [0, 0.05) is 43.9 Å². The van der Waals surface area contributed by atoms with E-state index >= 15 is 0 Å². The Hall–Kier alpha value is -2.24. The highest BCUT2D eigenvalue weighted by molar-refractivity contribution is 5.46. The normalized spacial score (nSPS) is 20.1. The number of hydrogen-bond donors (Lipinski definition) is 1. The van der Waals surface area contributed by atoms with Gasteiger partial charge in [0.1, 0.15) is 5.82 Å². The molecule has 0 unspecified atom stereocenters. The van der Waals surface area contributed by atoms with Crippen molar-refractivity contribution >= 4 is 11.6 Å². The molecule has 0 atom stereocenters. The van der Waals surface area contributed by atoms with Gasteiger partial charge >= 0.3 is 0 Å². The van der Waals surface area contributed by atoms with Crippen molar-refractivity contribution in [3.8, 4) is 0 Å². The molecule has 2 aromatic rings. The van der Waals surface area contributed by atoms with Crippen LogP contribution in [0.25, 0.3) is 0 Å². The lowest BCUT2D eigenvalue weighted by Gasteiger charge is -2.40. The van der Waals surface area contributed by atoms with Crippen LogP contribution in [0.1, 0.15) is 48.6 Å². The van der Waals surface area contributed by atoms with Crippen LogP contribution in [0.5, 0.6) is 0 Å². The predicted octanol–water partition coefficient (Wildman–Crippen LogP) is 2.57. The van der Waals surface area contributed by atoms with Crippen LogP contribution in [0, 0.1) is 5.92 Å². The van der Waals surface area contributed by atoms with Crippen molar-refractivity contribution in [3.05, 3.63) is 35.4 Å². The molecular formula is C19H24N6. The molecule has 2 fully saturated rings. The van der Waals surface area contributed by atoms with E-state index < -0.39 is 0 Å². The van der Waals surface area contributed by atoms with E-state index in [4.69, 9.17) is 0 Å². The Kier molecular flexibility index (Phi) is 3.76. The SMILES string of the molecule is c1cnc(C2CC2)c(NCC2CN(c3cc4c(nn3)CCCC4)C2)n1. The van der Waals surface area contributed by atoms with Gasteiger partial charge in [-0.25, -0.2) is 4.98 Å². The lowest BCUT2D eigenvalue weighted by atomic mass is 9.95. The number of aryl methyl sites for hydroxylation is 2. The molecule has 2 aliphatic carbocycles. The third-order valence-electron chi connectivity index (χ3n) is 5.59. The Morgan fingerprint density at radius 3 is 2.76 bits per heavy atom. The van der Waals surface area contributed by atoms with Crippen molar-refractivity contribution in [2.24, 2.45) is 5.92 Å². The molecule has 0 bridgehead atoms. The van der Waals surface area contributed by atoms with Crippen LogP contribution < -0.4 is 10.2 Å². The Bertz CT molecular complexity index is 766. The van der Waals surface area contributed by atoms with Crippen molar-refractivity contribution in [3.63, 3.8) is 0 Å². The van der Waals surface area contributed by atoms with Crippen LogP contribution in [0.3, 0.4) is 0 Å². The van der Waals surface area contributed by atoms with Crippen LogP contribution in [0.2, 0.25) is 0 Å². The smallest absolute Gasteiger partial charge is 0.151 e. The molecule has 1 aliphatic heterocycles. The number of fused-ring (bicyclic) bond motifs is 1. The summed E-state index contributed by atoms with van der Waals surface area (Å²) >= 11 is 0. The van der Waals surface area contributed by atoms with Crippen molar-refractivity contribution in [1.29, 1.82) is 0 Å². The van der Waals surface area contributed by atoms with Gasteiger partial charge in [-0.15, -0.1) is 5.10 Å². The van der Waals surface area contributed by atoms with Gasteiger partial charge < -0.3 is 10.2 Å². The van der Waals surface area contributed by atoms with Gasteiger partial charge in [-0.2, -0.15) is 5.10 Å². The second-order valence-corrected chi connectivity index (χ2v) is 7.60. The standard InChI is InChI=1S/C19H24N6/c1-2-4-16-15(3-1)9-17(24-23-16)25-11-13(12-25)10-22-19-18(14-5-6-14)20-7-8-21-19/h7-9,13-14H,1-6,10-12H2,(H,21,22). The maximum absolute atomic E-state index is 4.51. The fourth-order valence-electron chi connectivity index (χ4n) is 3.90. The number of hydrogen-bond acceptors (Lipinski definition) is 6. The Morgan fingerprint density at radius 1 is 1.04 bits per heavy atom. The summed E-state index contributed by atoms with van der Waals surface area (Å²) in [6, 6.07) is 2.26. The monoisotopic (exact) mass is 336 g/mol. The fraction of sp³-hybridized carbons (Fsp3) is 0.579. The molecule has 3 heterocycles. The number of aromatic nitrogens is 4. The van der Waals surface area contributed by atoms with Gasteiger partial charge in [0.25, 0.3) is 0 Å². The molecule has 0 spiro atoms. The molecule has 3 aliphatic rings. The molecular weight excluding hydrogens is 312 g/mol. The average Bonchev–Trinajstić information content (AvgIpc) is 3.46. The zero-order valence-corrected chi connectivity index (χ0v) is 14.5. The van der Waals surface area contributed by atoms with Gasteiger partial charge in [0.05, 0.1) is 11.4 Å². The minimum Gasteiger partial charge on any atom is -0.368 e. The first-order chi connectivity index (χ1) is 12.4. The van der Waals surface area contributed by atoms with E-state index in [-0.39, 0.29) is 0 Å². The largest absolute Gasteiger partial charge is 0.368 e. The quantitative estimate of drug-likeness (QED) is 0.905. The highest BCUT2D eigenvalue weighted by atomic mass is 15.3. The third-order valence-corrected chi connectivity index (χ3v) is 5.59. The summed E-state index contributed by atoms with van der Waals surface area (Å²) in [4.78, 5) is 11.3. The summed E-state index contributed by atoms with van der Waals surface area (Å²) in [6.45, 7) is 3.03. The van der Waals surface area contributed by atoms with Crippen LogP contribution in [-0.2, 0) is 12.8 Å². The van der Waals surface area contributed by atoms with Gasteiger partial charge in [0.2, 0.25) is 0 Å². The minimum absolute atomic E-state index is 0.625. The van der Waals surface area contributed by atoms with Gasteiger partial charge in [-0.3, -0.25) is 4.98 Å². The highest BCUT2D eigenvalue weighted by Crippen LogP contribution is 2.41. The van der Waals surface area contributed by atoms with Crippen molar-refractivity contribution < 1.29 is 0 Å². The van der Waals surface area contributed by atoms with Crippen LogP contribution >= 0.6 is 0 Å². The first kappa shape index (κ1) is 15.0. The van der Waals surface area contributed by atoms with E-state index in [0.717, 1.165) is 49.8 Å². The average molecular weight is 336 g/mol. The first-order valence-electron chi connectivity index (χ1n) is 9.52. The Balaban J connectivity index is 1.17. The summed E-state index contributed by atoms with van der Waals surface area (Å²) in [6.07, 6.45) is 10.9. The molecule has 25 heavy (non-hydrogen) atoms. The first-order valence-corrected chi connectivity index (χ1v) is 9.52. The Morgan fingerprint density at radius 2 is 1.88 bits per heavy atom. The molecule has 0 radical (unpaired) electrons. The van der Waals surface area contributed by atoms with Crippen LogP contribution in [-0.4, -0.2) is 39.8 Å². The topological polar surface area (TPSA) is 66.8 Å². The van der Waals surface area contributed by atoms with E-state index in [1.165, 1.54) is 36.9 Å². The summed E-state index contributed by atoms with van der Waals surface area (Å²) in [5.41, 5.74) is 3.77. The van der Waals surface area contributed by atoms with E-state index in [2.05, 4.69) is 36.4 Å². The molecule has 1 saturated heterocycles. The number of anilines is 2. The molecule has 130 valence electrons. The van der Waals surface area contributed by atoms with Crippen LogP contribution in [0.4, 0.5) is 11.6 Å². The molecule has 1 saturated carbocycles. The molecule has 0 amide bonds. The van der Waals surface area contributed by atoms with Gasteiger partial charge in [-0.1, -0.05) is 0 Å². The number of nitrogens with zero attached hydrogens (tertiary/aromatic N) is 5. The minimum atomic E-state index is 0.625. The summed E-state index contributed by atoms with van der Waals surface area (Å²) in [7, 11) is 0. The maximum atomic E-state index is 4.51. The maximum Gasteiger partial charge on any atom is 0.151 e. The molecule has 6 nitrogen and oxygen atoms in total. The number of nitrogens with one attached hydrogen (secondary N) is 1. The molecule has 0 aromatic carbocycles. The summed E-state index contributed by atoms with van der Waals surface area (Å²) in [5.74, 6) is 3.29. The second-order valence-electron chi connectivity index (χ2n) is 7.60. The number of rotatable bonds is 5. The zero-order valence-electron chi connectivity index (χ0n) is 14.5. The van der Waals surface area contributed by atoms with E-state index in [1.807, 2.05) is 0 Å². The zero-order chi connectivity index (χ0) is 16.6. The predicted molar refractivity (Wildman–Crippen MR) is 96.9 cm³/mol. The van der Waals surface area contributed by atoms with Crippen LogP contribution in [0.15, 0.2) is 18.5 Å². The Labute approximate surface area is 148 Å². The summed E-state index contributed by atoms with van der Waals surface area (Å²) in [5, 5.41) is 12.4. The van der Waals surface area contributed by atoms with Gasteiger partial charge in [0.15, 0.2) is 5.82 Å². The fourth-order valence-corrected chi connectivity index (χ4v) is 3.90. The van der Waals surface area contributed by atoms with E-state index in [1.54, 1.807) is 12.4 Å². The van der Waals surface area contributed by atoms with E-state index in [9.17, 15) is 0 Å². The van der Waals surface area contributed by atoms with Gasteiger partial charge in [-0.05, 0) is 50.2 Å². The van der Waals surface area contributed by atoms with Crippen molar-refractivity contribution in [1.82, 2.24) is 20.2 Å². The third kappa shape index (κ3) is 3.05. The highest BCUT2D eigenvalue weighted by Gasteiger charge is 2.31. The second kappa shape index (κ2) is 6.24. The molecule has 2 aromatic heterocycles. The lowest BCUT2D eigenvalue weighted by Crippen LogP contribution is -2.50. The molecule has 1 N–H and O–H groups in total. The molecule has 6 heteroatoms. The molecule has 5 rings (SSSR count). The lowest BCUT2D eigenvalue weighted by molar-refractivity contribution is 0.424. The van der Waals surface area contributed by atoms with E-state index in [0.29, 0.717) is 11.8 Å². The summed E-state index contributed by atoms with van der Waals surface area (Å²) < 4.78 is 0. The van der Waals surface area contributed by atoms with Crippen molar-refractivity contribution in [2.75, 3.05) is 29.9 Å².